The molecular weight excluding hydrogens is 263 g/mol. The predicted molar refractivity (Wildman–Crippen MR) is 69.8 cm³/mol. The molecule has 6 heteroatoms. The Balaban J connectivity index is 2.03. The molecule has 0 aliphatic carbocycles. The maximum Gasteiger partial charge on any atom is 0.229 e. The molecule has 0 bridgehead atoms. The highest BCUT2D eigenvalue weighted by Gasteiger charge is 2.12. The number of hydrogen-bond acceptors (Lipinski definition) is 5. The van der Waals surface area contributed by atoms with Gasteiger partial charge in [-0.15, -0.1) is 0 Å². The van der Waals surface area contributed by atoms with Crippen molar-refractivity contribution in [2.24, 2.45) is 0 Å². The standard InChI is InChI=1S/C14H17FN2O3/c1-8(2)14-16-13(17-20-14)7-19-12-5-4-10(9(3)18)6-11(12)15/h4-6,8-9,18H,7H2,1-3H3. The van der Waals surface area contributed by atoms with Gasteiger partial charge in [-0.3, -0.25) is 0 Å². The van der Waals surface area contributed by atoms with Gasteiger partial charge >= 0.3 is 0 Å². The molecule has 0 radical (unpaired) electrons. The Morgan fingerprint density at radius 1 is 1.35 bits per heavy atom. The fraction of sp³-hybridized carbons (Fsp3) is 0.429. The molecule has 0 aliphatic rings. The Kier molecular flexibility index (Phi) is 4.34. The number of aliphatic hydroxyl groups excluding tert-OH is 1. The largest absolute Gasteiger partial charge is 0.482 e. The van der Waals surface area contributed by atoms with Gasteiger partial charge in [-0.05, 0) is 24.6 Å². The van der Waals surface area contributed by atoms with Crippen molar-refractivity contribution in [3.63, 3.8) is 0 Å². The van der Waals surface area contributed by atoms with Gasteiger partial charge in [0.05, 0.1) is 6.10 Å². The minimum absolute atomic E-state index is 0.0289. The van der Waals surface area contributed by atoms with Crippen LogP contribution in [0.5, 0.6) is 5.75 Å². The Hall–Kier alpha value is -1.95. The van der Waals surface area contributed by atoms with Crippen LogP contribution in [0.2, 0.25) is 0 Å². The lowest BCUT2D eigenvalue weighted by Crippen LogP contribution is -2.01. The number of aliphatic hydroxyl groups is 1. The van der Waals surface area contributed by atoms with Crippen molar-refractivity contribution in [2.45, 2.75) is 39.4 Å². The molecule has 1 unspecified atom stereocenters. The lowest BCUT2D eigenvalue weighted by molar-refractivity contribution is 0.198. The highest BCUT2D eigenvalue weighted by Crippen LogP contribution is 2.22. The molecule has 0 saturated heterocycles. The summed E-state index contributed by atoms with van der Waals surface area (Å²) in [6, 6.07) is 4.33. The third-order valence-corrected chi connectivity index (χ3v) is 2.77. The van der Waals surface area contributed by atoms with Crippen molar-refractivity contribution >= 4 is 0 Å². The number of benzene rings is 1. The summed E-state index contributed by atoms with van der Waals surface area (Å²) in [7, 11) is 0. The maximum absolute atomic E-state index is 13.7. The number of rotatable bonds is 5. The summed E-state index contributed by atoms with van der Waals surface area (Å²) in [5.74, 6) is 0.584. The third-order valence-electron chi connectivity index (χ3n) is 2.77. The average molecular weight is 280 g/mol. The minimum Gasteiger partial charge on any atom is -0.482 e. The van der Waals surface area contributed by atoms with Crippen LogP contribution in [0, 0.1) is 5.82 Å². The average Bonchev–Trinajstić information content (AvgIpc) is 2.86. The van der Waals surface area contributed by atoms with Crippen molar-refractivity contribution < 1.29 is 18.8 Å². The van der Waals surface area contributed by atoms with Crippen molar-refractivity contribution in [2.75, 3.05) is 0 Å². The number of nitrogens with zero attached hydrogens (tertiary/aromatic N) is 2. The topological polar surface area (TPSA) is 68.4 Å². The first kappa shape index (κ1) is 14.5. The lowest BCUT2D eigenvalue weighted by atomic mass is 10.1. The highest BCUT2D eigenvalue weighted by atomic mass is 19.1. The summed E-state index contributed by atoms with van der Waals surface area (Å²) in [5, 5.41) is 13.1. The number of ether oxygens (including phenoxy) is 1. The Morgan fingerprint density at radius 2 is 2.10 bits per heavy atom. The molecule has 0 spiro atoms. The van der Waals surface area contributed by atoms with Gasteiger partial charge in [-0.1, -0.05) is 25.1 Å². The van der Waals surface area contributed by atoms with E-state index in [2.05, 4.69) is 10.1 Å². The van der Waals surface area contributed by atoms with E-state index in [9.17, 15) is 9.50 Å². The molecule has 0 amide bonds. The molecule has 1 heterocycles. The molecular formula is C14H17FN2O3. The molecule has 2 aromatic rings. The first-order valence-corrected chi connectivity index (χ1v) is 6.40. The van der Waals surface area contributed by atoms with E-state index in [-0.39, 0.29) is 18.3 Å². The summed E-state index contributed by atoms with van der Waals surface area (Å²) in [4.78, 5) is 4.14. The van der Waals surface area contributed by atoms with Crippen LogP contribution in [0.3, 0.4) is 0 Å². The van der Waals surface area contributed by atoms with Gasteiger partial charge in [-0.2, -0.15) is 4.98 Å². The third kappa shape index (κ3) is 3.33. The van der Waals surface area contributed by atoms with Gasteiger partial charge in [0.15, 0.2) is 18.2 Å². The van der Waals surface area contributed by atoms with Crippen LogP contribution < -0.4 is 4.74 Å². The summed E-state index contributed by atoms with van der Waals surface area (Å²) >= 11 is 0. The van der Waals surface area contributed by atoms with E-state index in [4.69, 9.17) is 9.26 Å². The molecule has 1 atom stereocenters. The molecule has 0 aliphatic heterocycles. The second-order valence-corrected chi connectivity index (χ2v) is 4.86. The highest BCUT2D eigenvalue weighted by molar-refractivity contribution is 5.30. The second kappa shape index (κ2) is 6.00. The van der Waals surface area contributed by atoms with Crippen molar-refractivity contribution in [3.05, 3.63) is 41.3 Å². The van der Waals surface area contributed by atoms with E-state index in [0.29, 0.717) is 17.3 Å². The van der Waals surface area contributed by atoms with E-state index in [1.165, 1.54) is 12.1 Å². The van der Waals surface area contributed by atoms with Gasteiger partial charge in [0.2, 0.25) is 11.7 Å². The molecule has 0 fully saturated rings. The zero-order chi connectivity index (χ0) is 14.7. The predicted octanol–water partition coefficient (Wildman–Crippen LogP) is 2.96. The maximum atomic E-state index is 13.7. The van der Waals surface area contributed by atoms with Crippen molar-refractivity contribution in [3.8, 4) is 5.75 Å². The van der Waals surface area contributed by atoms with Gasteiger partial charge in [0.1, 0.15) is 0 Å². The molecule has 5 nitrogen and oxygen atoms in total. The van der Waals surface area contributed by atoms with Crippen LogP contribution in [0.1, 0.15) is 50.1 Å². The van der Waals surface area contributed by atoms with Crippen LogP contribution >= 0.6 is 0 Å². The fourth-order valence-corrected chi connectivity index (χ4v) is 1.60. The van der Waals surface area contributed by atoms with Crippen molar-refractivity contribution in [1.82, 2.24) is 10.1 Å². The normalized spacial score (nSPS) is 12.7. The lowest BCUT2D eigenvalue weighted by Gasteiger charge is -2.08. The summed E-state index contributed by atoms with van der Waals surface area (Å²) < 4.78 is 24.1. The number of aromatic nitrogens is 2. The van der Waals surface area contributed by atoms with Crippen LogP contribution in [-0.2, 0) is 6.61 Å². The zero-order valence-electron chi connectivity index (χ0n) is 11.6. The SMILES string of the molecule is CC(C)c1nc(COc2ccc(C(C)O)cc2F)no1. The number of halogens is 1. The summed E-state index contributed by atoms with van der Waals surface area (Å²) in [6.45, 7) is 5.47. The van der Waals surface area contributed by atoms with Gasteiger partial charge in [0.25, 0.3) is 0 Å². The first-order chi connectivity index (χ1) is 9.47. The van der Waals surface area contributed by atoms with Crippen molar-refractivity contribution in [1.29, 1.82) is 0 Å². The van der Waals surface area contributed by atoms with E-state index in [0.717, 1.165) is 0 Å². The van der Waals surface area contributed by atoms with Crippen LogP contribution in [0.4, 0.5) is 4.39 Å². The summed E-state index contributed by atoms with van der Waals surface area (Å²) in [6.07, 6.45) is -0.718. The molecule has 0 saturated carbocycles. The van der Waals surface area contributed by atoms with Crippen LogP contribution in [-0.4, -0.2) is 15.2 Å². The first-order valence-electron chi connectivity index (χ1n) is 6.40. The van der Waals surface area contributed by atoms with Crippen LogP contribution in [0.25, 0.3) is 0 Å². The van der Waals surface area contributed by atoms with Gasteiger partial charge in [0, 0.05) is 5.92 Å². The molecule has 1 aromatic carbocycles. The molecule has 1 aromatic heterocycles. The Labute approximate surface area is 116 Å². The smallest absolute Gasteiger partial charge is 0.229 e. The van der Waals surface area contributed by atoms with E-state index in [1.807, 2.05) is 13.8 Å². The Morgan fingerprint density at radius 3 is 2.65 bits per heavy atom. The molecule has 108 valence electrons. The molecule has 20 heavy (non-hydrogen) atoms. The zero-order valence-corrected chi connectivity index (χ0v) is 11.6. The van der Waals surface area contributed by atoms with Crippen LogP contribution in [0.15, 0.2) is 22.7 Å². The van der Waals surface area contributed by atoms with Gasteiger partial charge in [-0.25, -0.2) is 4.39 Å². The van der Waals surface area contributed by atoms with Gasteiger partial charge < -0.3 is 14.4 Å². The molecule has 1 N–H and O–H groups in total. The second-order valence-electron chi connectivity index (χ2n) is 4.86. The quantitative estimate of drug-likeness (QED) is 0.912. The monoisotopic (exact) mass is 280 g/mol. The molecule has 2 rings (SSSR count). The summed E-state index contributed by atoms with van der Waals surface area (Å²) in [5.41, 5.74) is 0.497. The Bertz CT molecular complexity index is 582. The van der Waals surface area contributed by atoms with E-state index < -0.39 is 11.9 Å². The van der Waals surface area contributed by atoms with E-state index >= 15 is 0 Å². The minimum atomic E-state index is -0.718. The van der Waals surface area contributed by atoms with E-state index in [1.54, 1.807) is 13.0 Å². The number of hydrogen-bond donors (Lipinski definition) is 1. The fourth-order valence-electron chi connectivity index (χ4n) is 1.60.